The van der Waals surface area contributed by atoms with Crippen LogP contribution in [0.1, 0.15) is 183 Å². The average Bonchev–Trinajstić information content (AvgIpc) is 1.60. The van der Waals surface area contributed by atoms with Gasteiger partial charge in [-0.05, 0) is 115 Å². The van der Waals surface area contributed by atoms with Crippen molar-refractivity contribution in [3.63, 3.8) is 0 Å². The first-order valence-electron chi connectivity index (χ1n) is 34.9. The number of nitrogens with zero attached hydrogens (tertiary/aromatic N) is 15. The third-order valence-electron chi connectivity index (χ3n) is 20.6. The number of carbonyl (C=O) groups is 4. The van der Waals surface area contributed by atoms with E-state index in [0.29, 0.717) is 103 Å². The quantitative estimate of drug-likeness (QED) is 0.0156. The fourth-order valence-electron chi connectivity index (χ4n) is 13.1. The van der Waals surface area contributed by atoms with Gasteiger partial charge in [0.2, 0.25) is 5.28 Å². The third-order valence-corrected chi connectivity index (χ3v) is 20.8. The Morgan fingerprint density at radius 2 is 0.884 bits per heavy atom. The predicted molar refractivity (Wildman–Crippen MR) is 408 cm³/mol. The van der Waals surface area contributed by atoms with Crippen LogP contribution < -0.4 is 80.3 Å². The molecule has 6 aromatic rings. The molecule has 41 heteroatoms. The summed E-state index contributed by atoms with van der Waals surface area (Å²) in [5.41, 5.74) is -4.31. The minimum Gasteiger partial charge on any atom is -1.00 e. The minimum atomic E-state index is -1.89. The topological polar surface area (TPSA) is 338 Å². The van der Waals surface area contributed by atoms with Crippen molar-refractivity contribution in [3.05, 3.63) is 106 Å². The number of likely N-dealkylation sites (tertiary alicyclic amines) is 3. The molecule has 0 aliphatic carbocycles. The van der Waals surface area contributed by atoms with Gasteiger partial charge in [0.15, 0.2) is 75.2 Å². The summed E-state index contributed by atoms with van der Waals surface area (Å²) >= 11 is 15.8. The predicted octanol–water partition coefficient (Wildman–Crippen LogP) is 5.58. The molecule has 0 unspecified atom stereocenters. The summed E-state index contributed by atoms with van der Waals surface area (Å²) in [6, 6.07) is 0. The Labute approximate surface area is 711 Å². The van der Waals surface area contributed by atoms with E-state index in [2.05, 4.69) is 94.5 Å². The number of aryl methyl sites for hydroxylation is 1. The number of hydrogen-bond donors (Lipinski definition) is 6. The maximum absolute atomic E-state index is 15.5. The van der Waals surface area contributed by atoms with Crippen LogP contribution in [0, 0.1) is 17.5 Å². The summed E-state index contributed by atoms with van der Waals surface area (Å²) in [6.07, 6.45) is 6.12. The van der Waals surface area contributed by atoms with E-state index in [1.54, 1.807) is 17.8 Å². The molecule has 0 atom stereocenters. The molecule has 7 aliphatic rings. The van der Waals surface area contributed by atoms with Crippen molar-refractivity contribution in [2.24, 2.45) is 0 Å². The third kappa shape index (κ3) is 21.9. The Morgan fingerprint density at radius 3 is 1.17 bits per heavy atom. The van der Waals surface area contributed by atoms with Crippen LogP contribution >= 0.6 is 34.8 Å². The molecule has 0 saturated carbocycles. The summed E-state index contributed by atoms with van der Waals surface area (Å²) in [7, 11) is 5.51. The van der Waals surface area contributed by atoms with Gasteiger partial charge in [0.05, 0.1) is 83.1 Å². The van der Waals surface area contributed by atoms with Gasteiger partial charge in [-0.1, -0.05) is 34.3 Å². The number of aromatic nitrogens is 12. The molecule has 6 aromatic heterocycles. The molecule has 0 spiro atoms. The maximum Gasteiger partial charge on any atom is 1.00 e. The second-order valence-corrected chi connectivity index (χ2v) is 31.6. The van der Waals surface area contributed by atoms with Crippen LogP contribution in [0.4, 0.5) is 61.2 Å². The van der Waals surface area contributed by atoms with Crippen LogP contribution in [-0.2, 0) is 76.0 Å². The van der Waals surface area contributed by atoms with Crippen molar-refractivity contribution in [3.8, 4) is 0 Å². The first-order chi connectivity index (χ1) is 50.5. The van der Waals surface area contributed by atoms with E-state index in [4.69, 9.17) is 54.2 Å². The number of anilines is 6. The molecule has 29 nitrogen and oxygen atoms in total. The number of fused-ring (bicyclic) bond motifs is 3. The second-order valence-electron chi connectivity index (χ2n) is 29.7. The van der Waals surface area contributed by atoms with E-state index in [-0.39, 0.29) is 192 Å². The zero-order valence-electron chi connectivity index (χ0n) is 66.2. The Morgan fingerprint density at radius 1 is 0.589 bits per heavy atom. The number of alkyl halides is 5. The smallest absolute Gasteiger partial charge is 1.00 e. The number of halogens is 9. The summed E-state index contributed by atoms with van der Waals surface area (Å²) in [4.78, 5) is 84.7. The van der Waals surface area contributed by atoms with Gasteiger partial charge in [0.25, 0.3) is 24.2 Å². The number of carbonyl (C=O) groups excluding carboxylic acids is 4. The standard InChI is InChI=1S/C20H27F2N7O.C20H25F2N7O.C18H22ClF2N7O.C8H15BO2.C2H4Cl2.CH2O3.2CH4.2Na.H/c2*1-5-14-23-10-13(21)17(24-14)25-16-12-11-29(19(2,3)15(12)26-27-16)18(30)20(22)6-8-28(4)9-7-20;1-17(2)12-10(9-28(17)15(29)18(21)4-6-27(3)7-5-18)13(26-25-12)23-14-11(20)8-22-16(19)24-14;1-6-9-10-7(2,3)8(4,5)11-9;1-2(3)4;2-1-4-3;;;;;/h10H,5-9,11H2,1-4H3,(H2,23,24,25,26,27);5,10H,1,6-9,11H2,2-4H3,(H2,23,24,25,26,27);8H,4-7,9H2,1-3H3,(H2,22,23,24,25,26);6H,1H2,2-5H3;2H,1H3;1,3H;2*1H4;;;/q;;;;;;;;2*+1;-1/p-1. The number of H-pyrrole nitrogens is 3. The van der Waals surface area contributed by atoms with Crippen molar-refractivity contribution in [2.75, 3.05) is 76.4 Å². The SMILES string of the molecule is C.C.C=CB1OC(C)(C)C(C)(C)O1.C=Cc1ncc(F)c(Nc2n[nH]c3c2CN(C(=O)C2(F)CCN(C)CC2)C3(C)C)n1.CC(Cl)Cl.CCc1ncc(F)c(Nc2n[nH]c3c2CN(C(=O)C2(F)CCN(C)CC2)C3(C)C)n1.CN1CCC(F)(C(=O)N2Cc3c(Nc4nc(Cl)ncc4F)n[nH]c3C2(C)C)CC1.O=CO[O-].[H-].[Na+].[Na+]. The summed E-state index contributed by atoms with van der Waals surface area (Å²) in [6.45, 7) is 33.5. The van der Waals surface area contributed by atoms with Crippen molar-refractivity contribution in [2.45, 2.75) is 212 Å². The number of hydrogen-bond acceptors (Lipinski definition) is 23. The molecule has 0 radical (unpaired) electrons. The summed E-state index contributed by atoms with van der Waals surface area (Å²) in [5, 5.41) is 38.3. The molecule has 13 rings (SSSR count). The molecule has 4 fully saturated rings. The van der Waals surface area contributed by atoms with Crippen molar-refractivity contribution in [1.82, 2.24) is 89.9 Å². The first-order valence-corrected chi connectivity index (χ1v) is 36.2. The Balaban J connectivity index is 0.000000385. The largest absolute Gasteiger partial charge is 1.00 e. The van der Waals surface area contributed by atoms with Crippen LogP contribution in [-0.4, -0.2) is 215 Å². The van der Waals surface area contributed by atoms with E-state index in [1.807, 2.05) is 112 Å². The fourth-order valence-corrected chi connectivity index (χ4v) is 13.2. The van der Waals surface area contributed by atoms with Crippen LogP contribution in [0.5, 0.6) is 0 Å². The molecular formula is C71H103BCl3F6N21Na2O8. The second kappa shape index (κ2) is 39.7. The van der Waals surface area contributed by atoms with Gasteiger partial charge in [-0.15, -0.1) is 29.8 Å². The maximum atomic E-state index is 15.5. The molecule has 0 aromatic carbocycles. The van der Waals surface area contributed by atoms with Gasteiger partial charge in [0.1, 0.15) is 10.7 Å². The number of piperidine rings is 3. The van der Waals surface area contributed by atoms with Crippen molar-refractivity contribution >= 4 is 107 Å². The van der Waals surface area contributed by atoms with Crippen LogP contribution in [0.3, 0.4) is 0 Å². The Bertz CT molecular complexity index is 4210. The van der Waals surface area contributed by atoms with Gasteiger partial charge < -0.3 is 66.2 Å². The molecule has 608 valence electrons. The zero-order valence-corrected chi connectivity index (χ0v) is 71.5. The van der Waals surface area contributed by atoms with E-state index < -0.39 is 68.8 Å². The Kier molecular flexibility index (Phi) is 34.8. The van der Waals surface area contributed by atoms with E-state index in [1.165, 1.54) is 15.9 Å². The van der Waals surface area contributed by atoms with Gasteiger partial charge >= 0.3 is 66.2 Å². The molecule has 13 heterocycles. The molecule has 0 bridgehead atoms. The molecule has 4 saturated heterocycles. The number of amides is 3. The normalized spacial score (nSPS) is 19.3. The van der Waals surface area contributed by atoms with Crippen LogP contribution in [0.2, 0.25) is 5.28 Å². The average molecular weight is 1660 g/mol. The van der Waals surface area contributed by atoms with E-state index in [9.17, 15) is 27.6 Å². The van der Waals surface area contributed by atoms with Gasteiger partial charge in [-0.25, -0.2) is 51.3 Å². The Hall–Kier alpha value is -6.10. The summed E-state index contributed by atoms with van der Waals surface area (Å²) < 4.78 is 100.0. The molecular weight excluding hydrogens is 1550 g/mol. The zero-order chi connectivity index (χ0) is 80.0. The summed E-state index contributed by atoms with van der Waals surface area (Å²) in [5.74, 6) is -0.131. The molecule has 6 N–H and O–H groups in total. The van der Waals surface area contributed by atoms with Crippen molar-refractivity contribution < 1.29 is 126 Å². The monoisotopic (exact) mass is 1650 g/mol. The van der Waals surface area contributed by atoms with Crippen LogP contribution in [0.25, 0.3) is 6.08 Å². The number of rotatable bonds is 13. The molecule has 7 aliphatic heterocycles. The molecule has 3 amide bonds. The first kappa shape index (κ1) is 98.3. The van der Waals surface area contributed by atoms with Crippen molar-refractivity contribution in [1.29, 1.82) is 0 Å². The fraction of sp³-hybridized carbons (Fsp3) is 0.592. The van der Waals surface area contributed by atoms with Gasteiger partial charge in [0, 0.05) is 101 Å². The van der Waals surface area contributed by atoms with E-state index in [0.717, 1.165) is 18.6 Å². The van der Waals surface area contributed by atoms with E-state index >= 15 is 13.2 Å². The van der Waals surface area contributed by atoms with Gasteiger partial charge in [-0.2, -0.15) is 20.3 Å². The van der Waals surface area contributed by atoms with Gasteiger partial charge in [-0.3, -0.25) is 34.5 Å². The van der Waals surface area contributed by atoms with Crippen LogP contribution in [0.15, 0.2) is 37.7 Å². The molecule has 112 heavy (non-hydrogen) atoms. The number of nitrogens with one attached hydrogen (secondary N) is 6. The number of aromatic amines is 3. The minimum absolute atomic E-state index is 0.